The zero-order valence-electron chi connectivity index (χ0n) is 21.6. The van der Waals surface area contributed by atoms with Crippen molar-refractivity contribution < 1.29 is 0 Å². The average Bonchev–Trinajstić information content (AvgIpc) is 3.49. The Morgan fingerprint density at radius 3 is 2.34 bits per heavy atom. The Hall–Kier alpha value is -4.50. The number of benzene rings is 2. The molecule has 9 heteroatoms. The summed E-state index contributed by atoms with van der Waals surface area (Å²) >= 11 is 0. The molecule has 9 nitrogen and oxygen atoms in total. The molecule has 0 atom stereocenters. The van der Waals surface area contributed by atoms with Crippen LogP contribution >= 0.6 is 0 Å². The lowest BCUT2D eigenvalue weighted by Crippen LogP contribution is -2.44. The van der Waals surface area contributed by atoms with E-state index in [0.29, 0.717) is 23.7 Å². The van der Waals surface area contributed by atoms with Crippen LogP contribution in [0, 0.1) is 0 Å². The second kappa shape index (κ2) is 10.1. The molecule has 6 rings (SSSR count). The molecule has 5 aromatic rings. The van der Waals surface area contributed by atoms with Crippen molar-refractivity contribution in [3.8, 4) is 22.3 Å². The van der Waals surface area contributed by atoms with Crippen LogP contribution < -0.4 is 15.8 Å². The van der Waals surface area contributed by atoms with Gasteiger partial charge in [0.25, 0.3) is 5.56 Å². The molecule has 1 aliphatic heterocycles. The third-order valence-corrected chi connectivity index (χ3v) is 7.16. The molecule has 1 saturated heterocycles. The van der Waals surface area contributed by atoms with Crippen LogP contribution in [0.1, 0.15) is 6.92 Å². The van der Waals surface area contributed by atoms with Gasteiger partial charge in [-0.25, -0.2) is 4.98 Å². The summed E-state index contributed by atoms with van der Waals surface area (Å²) in [5.74, 6) is 0.462. The predicted octanol–water partition coefficient (Wildman–Crippen LogP) is 4.36. The van der Waals surface area contributed by atoms with Gasteiger partial charge < -0.3 is 15.1 Å². The first-order valence-electron chi connectivity index (χ1n) is 12.9. The van der Waals surface area contributed by atoms with E-state index < -0.39 is 0 Å². The second-order valence-corrected chi connectivity index (χ2v) is 9.61. The van der Waals surface area contributed by atoms with Crippen molar-refractivity contribution in [3.63, 3.8) is 0 Å². The highest BCUT2D eigenvalue weighted by Crippen LogP contribution is 2.26. The standard InChI is InChI=1S/C29H30N8O/c1-3-37-27-22(16-26(28(37)38)21-6-4-20(5-7-21)23-18-31-32-19-23)17-30-29(34-27)33-24-8-10-25(11-9-24)36-14-12-35(2)13-15-36/h4-11,16-19H,3,12-15H2,1-2H3,(H,31,32)(H,30,33,34). The van der Waals surface area contributed by atoms with Gasteiger partial charge in [0.1, 0.15) is 5.65 Å². The Morgan fingerprint density at radius 1 is 0.921 bits per heavy atom. The molecule has 0 spiro atoms. The van der Waals surface area contributed by atoms with E-state index in [4.69, 9.17) is 4.98 Å². The van der Waals surface area contributed by atoms with E-state index in [1.807, 2.05) is 55.6 Å². The fourth-order valence-corrected chi connectivity index (χ4v) is 4.92. The molecule has 3 aromatic heterocycles. The number of hydrogen-bond acceptors (Lipinski definition) is 7. The Kier molecular flexibility index (Phi) is 6.35. The number of likely N-dealkylation sites (N-methyl/N-ethyl adjacent to an activating group) is 1. The smallest absolute Gasteiger partial charge is 0.260 e. The number of anilines is 3. The normalized spacial score (nSPS) is 14.2. The molecule has 192 valence electrons. The number of aromatic amines is 1. The van der Waals surface area contributed by atoms with Crippen molar-refractivity contribution in [3.05, 3.63) is 83.5 Å². The minimum atomic E-state index is -0.0720. The van der Waals surface area contributed by atoms with Crippen molar-refractivity contribution in [1.82, 2.24) is 29.6 Å². The number of nitrogens with zero attached hydrogens (tertiary/aromatic N) is 6. The maximum atomic E-state index is 13.5. The van der Waals surface area contributed by atoms with E-state index in [-0.39, 0.29) is 5.56 Å². The third kappa shape index (κ3) is 4.64. The van der Waals surface area contributed by atoms with E-state index >= 15 is 0 Å². The van der Waals surface area contributed by atoms with Crippen LogP contribution in [0.15, 0.2) is 78.0 Å². The largest absolute Gasteiger partial charge is 0.369 e. The number of H-pyrrole nitrogens is 1. The van der Waals surface area contributed by atoms with Crippen LogP contribution in [0.5, 0.6) is 0 Å². The number of aromatic nitrogens is 5. The van der Waals surface area contributed by atoms with Gasteiger partial charge in [0.2, 0.25) is 5.95 Å². The molecule has 1 aliphatic rings. The fraction of sp³-hybridized carbons (Fsp3) is 0.241. The lowest BCUT2D eigenvalue weighted by molar-refractivity contribution is 0.313. The van der Waals surface area contributed by atoms with Gasteiger partial charge in [-0.2, -0.15) is 10.1 Å². The van der Waals surface area contributed by atoms with Crippen LogP contribution in [-0.4, -0.2) is 62.9 Å². The fourth-order valence-electron chi connectivity index (χ4n) is 4.92. The lowest BCUT2D eigenvalue weighted by atomic mass is 10.0. The van der Waals surface area contributed by atoms with Gasteiger partial charge in [-0.1, -0.05) is 24.3 Å². The average molecular weight is 507 g/mol. The Labute approximate surface area is 220 Å². The highest BCUT2D eigenvalue weighted by atomic mass is 16.1. The van der Waals surface area contributed by atoms with E-state index in [2.05, 4.69) is 49.5 Å². The third-order valence-electron chi connectivity index (χ3n) is 7.16. The number of piperazine rings is 1. The summed E-state index contributed by atoms with van der Waals surface area (Å²) in [6.07, 6.45) is 5.40. The van der Waals surface area contributed by atoms with Crippen LogP contribution in [0.3, 0.4) is 0 Å². The molecule has 0 amide bonds. The molecule has 0 unspecified atom stereocenters. The molecule has 0 aliphatic carbocycles. The molecule has 4 heterocycles. The maximum Gasteiger partial charge on any atom is 0.260 e. The van der Waals surface area contributed by atoms with Gasteiger partial charge in [-0.05, 0) is 55.4 Å². The molecule has 38 heavy (non-hydrogen) atoms. The van der Waals surface area contributed by atoms with E-state index in [1.165, 1.54) is 5.69 Å². The summed E-state index contributed by atoms with van der Waals surface area (Å²) in [6, 6.07) is 18.2. The number of nitrogens with one attached hydrogen (secondary N) is 2. The van der Waals surface area contributed by atoms with Gasteiger partial charge >= 0.3 is 0 Å². The topological polar surface area (TPSA) is 95.0 Å². The summed E-state index contributed by atoms with van der Waals surface area (Å²) in [4.78, 5) is 27.5. The highest BCUT2D eigenvalue weighted by Gasteiger charge is 2.15. The second-order valence-electron chi connectivity index (χ2n) is 9.61. The lowest BCUT2D eigenvalue weighted by Gasteiger charge is -2.34. The molecular formula is C29H30N8O. The number of hydrogen-bond donors (Lipinski definition) is 2. The van der Waals surface area contributed by atoms with E-state index in [1.54, 1.807) is 17.0 Å². The van der Waals surface area contributed by atoms with Gasteiger partial charge in [0.15, 0.2) is 0 Å². The zero-order valence-corrected chi connectivity index (χ0v) is 21.6. The summed E-state index contributed by atoms with van der Waals surface area (Å²) in [7, 11) is 2.16. The molecule has 2 N–H and O–H groups in total. The van der Waals surface area contributed by atoms with Crippen LogP contribution in [0.25, 0.3) is 33.3 Å². The number of rotatable bonds is 6. The van der Waals surface area contributed by atoms with Gasteiger partial charge in [-0.15, -0.1) is 0 Å². The SMILES string of the molecule is CCn1c(=O)c(-c2ccc(-c3cn[nH]c3)cc2)cc2cnc(Nc3ccc(N4CCN(C)CC4)cc3)nc21. The summed E-state index contributed by atoms with van der Waals surface area (Å²) in [5, 5.41) is 11.0. The molecule has 0 bridgehead atoms. The van der Waals surface area contributed by atoms with Crippen molar-refractivity contribution in [1.29, 1.82) is 0 Å². The van der Waals surface area contributed by atoms with Crippen molar-refractivity contribution in [2.24, 2.45) is 0 Å². The van der Waals surface area contributed by atoms with Crippen molar-refractivity contribution in [2.45, 2.75) is 13.5 Å². The molecular weight excluding hydrogens is 476 g/mol. The first-order valence-corrected chi connectivity index (χ1v) is 12.9. The van der Waals surface area contributed by atoms with Crippen LogP contribution in [-0.2, 0) is 6.54 Å². The Morgan fingerprint density at radius 2 is 1.66 bits per heavy atom. The minimum absolute atomic E-state index is 0.0720. The molecule has 0 saturated carbocycles. The number of aryl methyl sites for hydroxylation is 1. The van der Waals surface area contributed by atoms with Gasteiger partial charge in [0, 0.05) is 73.0 Å². The van der Waals surface area contributed by atoms with E-state index in [9.17, 15) is 4.79 Å². The first kappa shape index (κ1) is 23.9. The van der Waals surface area contributed by atoms with Crippen molar-refractivity contribution >= 4 is 28.4 Å². The van der Waals surface area contributed by atoms with Crippen LogP contribution in [0.2, 0.25) is 0 Å². The quantitative estimate of drug-likeness (QED) is 0.353. The van der Waals surface area contributed by atoms with Gasteiger partial charge in [-0.3, -0.25) is 14.5 Å². The predicted molar refractivity (Wildman–Crippen MR) is 152 cm³/mol. The molecule has 2 aromatic carbocycles. The molecule has 1 fully saturated rings. The Balaban J connectivity index is 1.26. The summed E-state index contributed by atoms with van der Waals surface area (Å²) in [5.41, 5.74) is 6.18. The maximum absolute atomic E-state index is 13.5. The first-order chi connectivity index (χ1) is 18.6. The molecule has 0 radical (unpaired) electrons. The van der Waals surface area contributed by atoms with Crippen LogP contribution in [0.4, 0.5) is 17.3 Å². The number of pyridine rings is 1. The van der Waals surface area contributed by atoms with Crippen molar-refractivity contribution in [2.75, 3.05) is 43.4 Å². The summed E-state index contributed by atoms with van der Waals surface area (Å²) < 4.78 is 1.71. The highest BCUT2D eigenvalue weighted by molar-refractivity contribution is 5.82. The van der Waals surface area contributed by atoms with Gasteiger partial charge in [0.05, 0.1) is 6.20 Å². The monoisotopic (exact) mass is 506 g/mol. The Bertz CT molecular complexity index is 1600. The van der Waals surface area contributed by atoms with E-state index in [0.717, 1.165) is 53.9 Å². The minimum Gasteiger partial charge on any atom is -0.369 e. The number of fused-ring (bicyclic) bond motifs is 1. The summed E-state index contributed by atoms with van der Waals surface area (Å²) in [6.45, 7) is 6.67. The zero-order chi connectivity index (χ0) is 26.1.